The largest absolute Gasteiger partial charge is 0.451 e. The van der Waals surface area contributed by atoms with Crippen molar-refractivity contribution in [2.24, 2.45) is 0 Å². The minimum Gasteiger partial charge on any atom is -0.451 e. The number of ether oxygens (including phenoxy) is 1. The van der Waals surface area contributed by atoms with Gasteiger partial charge in [0.2, 0.25) is 7.98 Å². The van der Waals surface area contributed by atoms with Gasteiger partial charge in [0, 0.05) is 57.9 Å². The van der Waals surface area contributed by atoms with Crippen LogP contribution < -0.4 is 5.23 Å². The van der Waals surface area contributed by atoms with Crippen molar-refractivity contribution < 1.29 is 67.4 Å². The van der Waals surface area contributed by atoms with Crippen molar-refractivity contribution in [3.05, 3.63) is 0 Å². The van der Waals surface area contributed by atoms with Crippen LogP contribution in [0.4, 0.5) is 4.79 Å². The molecular formula is C3H6BFeNNdO2. The van der Waals surface area contributed by atoms with Gasteiger partial charge in [-0.1, -0.05) is 0 Å². The molecule has 0 aromatic rings. The number of carbonyl (C=O) groups is 1. The Hall–Kier alpha value is 1.21. The molecule has 0 heterocycles. The normalized spacial score (nSPS) is 5.89. The zero-order chi connectivity index (χ0) is 5.70. The topological polar surface area (TPSA) is 38.3 Å². The number of nitrogens with one attached hydrogen (secondary N) is 1. The van der Waals surface area contributed by atoms with Crippen LogP contribution in [-0.4, -0.2) is 20.7 Å². The van der Waals surface area contributed by atoms with Crippen LogP contribution in [-0.2, 0) is 21.8 Å². The van der Waals surface area contributed by atoms with Crippen LogP contribution in [0.2, 0.25) is 0 Å². The van der Waals surface area contributed by atoms with Crippen LogP contribution in [0.15, 0.2) is 0 Å². The van der Waals surface area contributed by atoms with Gasteiger partial charge in [0.1, 0.15) is 0 Å². The summed E-state index contributed by atoms with van der Waals surface area (Å²) in [4.78, 5) is 9.95. The molecule has 0 aliphatic rings. The maximum atomic E-state index is 9.95. The van der Waals surface area contributed by atoms with Crippen molar-refractivity contribution >= 4 is 14.1 Å². The molecule has 0 atom stereocenters. The molecular weight excluding hydrogens is 293 g/mol. The van der Waals surface area contributed by atoms with E-state index >= 15 is 0 Å². The van der Waals surface area contributed by atoms with E-state index in [1.54, 1.807) is 12.2 Å². The minimum absolute atomic E-state index is 0. The second-order valence-electron chi connectivity index (χ2n) is 0.865. The summed E-state index contributed by atoms with van der Waals surface area (Å²) in [5, 5.41) is 1.80. The average Bonchev–Trinajstić information content (AvgIpc) is 1.68. The van der Waals surface area contributed by atoms with Crippen molar-refractivity contribution in [2.75, 3.05) is 6.61 Å². The van der Waals surface area contributed by atoms with E-state index in [4.69, 9.17) is 0 Å². The van der Waals surface area contributed by atoms with Crippen LogP contribution in [0.25, 0.3) is 0 Å². The number of hydrogen-bond donors (Lipinski definition) is 1. The predicted molar refractivity (Wildman–Crippen MR) is 25.9 cm³/mol. The number of carbonyl (C=O) groups excluding carboxylic acids is 1. The Bertz CT molecular complexity index is 74.8. The molecule has 0 spiro atoms. The third-order valence-electron chi connectivity index (χ3n) is 0.393. The van der Waals surface area contributed by atoms with Gasteiger partial charge in [-0.25, -0.2) is 4.79 Å². The Morgan fingerprint density at radius 3 is 2.33 bits per heavy atom. The van der Waals surface area contributed by atoms with Crippen molar-refractivity contribution in [1.82, 2.24) is 5.23 Å². The van der Waals surface area contributed by atoms with Crippen LogP contribution >= 0.6 is 0 Å². The van der Waals surface area contributed by atoms with Gasteiger partial charge in [-0.05, 0) is 6.92 Å². The van der Waals surface area contributed by atoms with Crippen LogP contribution in [0.3, 0.4) is 0 Å². The summed E-state index contributed by atoms with van der Waals surface area (Å²) >= 11 is 0. The SMILES string of the molecule is [B]NC(=O)OCC.[Fe].[Nd]. The molecule has 0 aromatic heterocycles. The second kappa shape index (κ2) is 11.9. The first-order valence-electron chi connectivity index (χ1n) is 1.94. The maximum absolute atomic E-state index is 9.95. The van der Waals surface area contributed by atoms with Crippen LogP contribution in [0.1, 0.15) is 6.92 Å². The predicted octanol–water partition coefficient (Wildman–Crippen LogP) is -0.186. The summed E-state index contributed by atoms with van der Waals surface area (Å²) in [5.74, 6) is 0. The number of rotatable bonds is 1. The van der Waals surface area contributed by atoms with Crippen molar-refractivity contribution in [3.63, 3.8) is 0 Å². The third-order valence-corrected chi connectivity index (χ3v) is 0.393. The minimum atomic E-state index is -0.595. The van der Waals surface area contributed by atoms with E-state index < -0.39 is 6.09 Å². The van der Waals surface area contributed by atoms with Gasteiger partial charge in [-0.15, -0.1) is 0 Å². The first-order valence-corrected chi connectivity index (χ1v) is 1.94. The van der Waals surface area contributed by atoms with Gasteiger partial charge in [0.25, 0.3) is 0 Å². The molecule has 0 saturated heterocycles. The quantitative estimate of drug-likeness (QED) is 0.682. The van der Waals surface area contributed by atoms with Gasteiger partial charge in [0.05, 0.1) is 6.61 Å². The molecule has 0 bridgehead atoms. The van der Waals surface area contributed by atoms with E-state index in [0.717, 1.165) is 0 Å². The van der Waals surface area contributed by atoms with E-state index in [2.05, 4.69) is 12.7 Å². The van der Waals surface area contributed by atoms with Gasteiger partial charge < -0.3 is 9.96 Å². The number of hydrogen-bond acceptors (Lipinski definition) is 2. The Morgan fingerprint density at radius 2 is 2.22 bits per heavy atom. The zero-order valence-corrected chi connectivity index (χ0v) is 9.27. The molecule has 2 radical (unpaired) electrons. The monoisotopic (exact) mass is 297 g/mol. The van der Waals surface area contributed by atoms with E-state index in [-0.39, 0.29) is 57.9 Å². The fourth-order valence-corrected chi connectivity index (χ4v) is 0.173. The van der Waals surface area contributed by atoms with Crippen LogP contribution in [0, 0.1) is 40.8 Å². The second-order valence-corrected chi connectivity index (χ2v) is 0.865. The zero-order valence-electron chi connectivity index (χ0n) is 4.95. The molecule has 9 heavy (non-hydrogen) atoms. The molecule has 0 aliphatic carbocycles. The van der Waals surface area contributed by atoms with Crippen molar-refractivity contribution in [1.29, 1.82) is 0 Å². The Kier molecular flexibility index (Phi) is 22.1. The summed E-state index contributed by atoms with van der Waals surface area (Å²) in [7, 11) is 4.63. The molecule has 1 N–H and O–H groups in total. The third kappa shape index (κ3) is 12.4. The van der Waals surface area contributed by atoms with Gasteiger partial charge in [0.15, 0.2) is 0 Å². The Labute approximate surface area is 99.1 Å². The standard InChI is InChI=1S/C3H6BNO2.Fe.Nd/c1-2-7-3(6)5-4;;/h2H2,1H3,(H,5,6);;. The summed E-state index contributed by atoms with van der Waals surface area (Å²) in [6.45, 7) is 2.05. The molecule has 0 aromatic carbocycles. The smallest absolute Gasteiger partial charge is 0.394 e. The molecule has 0 unspecified atom stereocenters. The average molecular weight is 299 g/mol. The van der Waals surface area contributed by atoms with E-state index in [0.29, 0.717) is 6.61 Å². The molecule has 1 amide bonds. The first kappa shape index (κ1) is 16.7. The first-order chi connectivity index (χ1) is 3.31. The van der Waals surface area contributed by atoms with E-state index in [1.165, 1.54) is 0 Å². The fourth-order valence-electron chi connectivity index (χ4n) is 0.173. The molecule has 0 rings (SSSR count). The Balaban J connectivity index is -0.000000180. The molecule has 0 aliphatic heterocycles. The van der Waals surface area contributed by atoms with Gasteiger partial charge in [-0.2, -0.15) is 0 Å². The fraction of sp³-hybridized carbons (Fsp3) is 0.667. The molecule has 50 valence electrons. The molecule has 0 saturated carbocycles. The molecule has 0 fully saturated rings. The molecule has 3 nitrogen and oxygen atoms in total. The summed E-state index contributed by atoms with van der Waals surface area (Å²) < 4.78 is 4.32. The summed E-state index contributed by atoms with van der Waals surface area (Å²) in [6.07, 6.45) is -0.595. The van der Waals surface area contributed by atoms with E-state index in [9.17, 15) is 4.79 Å². The molecule has 6 heteroatoms. The van der Waals surface area contributed by atoms with Crippen LogP contribution in [0.5, 0.6) is 0 Å². The van der Waals surface area contributed by atoms with Gasteiger partial charge >= 0.3 is 6.09 Å². The van der Waals surface area contributed by atoms with Crippen molar-refractivity contribution in [3.8, 4) is 0 Å². The van der Waals surface area contributed by atoms with Crippen molar-refractivity contribution in [2.45, 2.75) is 6.92 Å². The van der Waals surface area contributed by atoms with E-state index in [1.807, 2.05) is 0 Å². The van der Waals surface area contributed by atoms with Gasteiger partial charge in [-0.3, -0.25) is 0 Å². The Morgan fingerprint density at radius 1 is 1.78 bits per heavy atom. The summed E-state index contributed by atoms with van der Waals surface area (Å²) in [5.41, 5.74) is 0. The summed E-state index contributed by atoms with van der Waals surface area (Å²) in [6, 6.07) is 0. The number of amides is 1. The maximum Gasteiger partial charge on any atom is 0.394 e.